The Balaban J connectivity index is 2.48. The number of hydrogen-bond acceptors (Lipinski definition) is 3. The first kappa shape index (κ1) is 8.62. The van der Waals surface area contributed by atoms with E-state index in [-0.39, 0.29) is 6.42 Å². The lowest BCUT2D eigenvalue weighted by molar-refractivity contribution is 0.0885. The standard InChI is InChI=1S/C8H10F2N2O/c1-4-6(5(2)13-12-4)7(11)3-8(7,9)10/h3,11H2,1-2H3. The Kier molecular flexibility index (Phi) is 1.39. The molecular weight excluding hydrogens is 178 g/mol. The van der Waals surface area contributed by atoms with Crippen LogP contribution in [0.25, 0.3) is 0 Å². The molecule has 0 spiro atoms. The number of aromatic nitrogens is 1. The van der Waals surface area contributed by atoms with Crippen molar-refractivity contribution in [1.82, 2.24) is 5.16 Å². The van der Waals surface area contributed by atoms with Crippen LogP contribution >= 0.6 is 0 Å². The fourth-order valence-electron chi connectivity index (χ4n) is 1.70. The van der Waals surface area contributed by atoms with Gasteiger partial charge in [-0.15, -0.1) is 0 Å². The number of hydrogen-bond donors (Lipinski definition) is 1. The van der Waals surface area contributed by atoms with Gasteiger partial charge in [-0.25, -0.2) is 8.78 Å². The maximum absolute atomic E-state index is 12.9. The van der Waals surface area contributed by atoms with Gasteiger partial charge in [0.05, 0.1) is 5.69 Å². The summed E-state index contributed by atoms with van der Waals surface area (Å²) < 4.78 is 30.6. The first-order valence-electron chi connectivity index (χ1n) is 3.98. The van der Waals surface area contributed by atoms with Gasteiger partial charge in [0.15, 0.2) is 0 Å². The van der Waals surface area contributed by atoms with E-state index in [0.29, 0.717) is 17.0 Å². The molecule has 1 aromatic heterocycles. The zero-order chi connectivity index (χ0) is 9.85. The van der Waals surface area contributed by atoms with Gasteiger partial charge in [-0.1, -0.05) is 5.16 Å². The van der Waals surface area contributed by atoms with Gasteiger partial charge in [-0.3, -0.25) is 0 Å². The average molecular weight is 188 g/mol. The van der Waals surface area contributed by atoms with Crippen molar-refractivity contribution in [2.24, 2.45) is 5.73 Å². The Bertz CT molecular complexity index is 342. The van der Waals surface area contributed by atoms with Crippen LogP contribution in [0.3, 0.4) is 0 Å². The molecule has 1 aliphatic carbocycles. The Labute approximate surface area is 73.9 Å². The summed E-state index contributed by atoms with van der Waals surface area (Å²) in [6.07, 6.45) is -0.317. The molecule has 0 saturated heterocycles. The number of nitrogens with zero attached hydrogens (tertiary/aromatic N) is 1. The summed E-state index contributed by atoms with van der Waals surface area (Å²) in [4.78, 5) is 0. The molecule has 1 unspecified atom stereocenters. The summed E-state index contributed by atoms with van der Waals surface area (Å²) in [7, 11) is 0. The second-order valence-corrected chi connectivity index (χ2v) is 3.55. The molecule has 0 amide bonds. The van der Waals surface area contributed by atoms with E-state index in [1.807, 2.05) is 0 Å². The average Bonchev–Trinajstić information content (AvgIpc) is 2.35. The SMILES string of the molecule is Cc1noc(C)c1C1(N)CC1(F)F. The normalized spacial score (nSPS) is 30.5. The monoisotopic (exact) mass is 188 g/mol. The summed E-state index contributed by atoms with van der Waals surface area (Å²) in [6, 6.07) is 0. The van der Waals surface area contributed by atoms with Gasteiger partial charge >= 0.3 is 0 Å². The van der Waals surface area contributed by atoms with Crippen LogP contribution in [-0.2, 0) is 5.54 Å². The quantitative estimate of drug-likeness (QED) is 0.726. The van der Waals surface area contributed by atoms with Crippen LogP contribution in [-0.4, -0.2) is 11.1 Å². The van der Waals surface area contributed by atoms with E-state index in [9.17, 15) is 8.78 Å². The van der Waals surface area contributed by atoms with E-state index in [1.165, 1.54) is 0 Å². The van der Waals surface area contributed by atoms with Crippen molar-refractivity contribution in [3.63, 3.8) is 0 Å². The number of rotatable bonds is 1. The maximum Gasteiger partial charge on any atom is 0.272 e. The summed E-state index contributed by atoms with van der Waals surface area (Å²) in [6.45, 7) is 3.22. The van der Waals surface area contributed by atoms with E-state index in [0.717, 1.165) is 0 Å². The highest BCUT2D eigenvalue weighted by atomic mass is 19.3. The molecule has 0 aromatic carbocycles. The molecule has 1 atom stereocenters. The van der Waals surface area contributed by atoms with Crippen LogP contribution in [0.2, 0.25) is 0 Å². The van der Waals surface area contributed by atoms with E-state index < -0.39 is 11.5 Å². The Hall–Kier alpha value is -0.970. The fourth-order valence-corrected chi connectivity index (χ4v) is 1.70. The van der Waals surface area contributed by atoms with E-state index >= 15 is 0 Å². The zero-order valence-corrected chi connectivity index (χ0v) is 7.40. The van der Waals surface area contributed by atoms with E-state index in [1.54, 1.807) is 13.8 Å². The molecule has 1 aliphatic rings. The Morgan fingerprint density at radius 1 is 1.46 bits per heavy atom. The predicted molar refractivity (Wildman–Crippen MR) is 41.4 cm³/mol. The summed E-state index contributed by atoms with van der Waals surface area (Å²) in [5, 5.41) is 3.60. The smallest absolute Gasteiger partial charge is 0.272 e. The predicted octanol–water partition coefficient (Wildman–Crippen LogP) is 1.48. The van der Waals surface area contributed by atoms with Crippen LogP contribution in [0.1, 0.15) is 23.4 Å². The Morgan fingerprint density at radius 3 is 2.31 bits per heavy atom. The molecule has 2 rings (SSSR count). The fraction of sp³-hybridized carbons (Fsp3) is 0.625. The van der Waals surface area contributed by atoms with Crippen molar-refractivity contribution in [2.45, 2.75) is 31.7 Å². The molecule has 1 saturated carbocycles. The zero-order valence-electron chi connectivity index (χ0n) is 7.40. The number of aryl methyl sites for hydroxylation is 2. The van der Waals surface area contributed by atoms with E-state index in [4.69, 9.17) is 10.3 Å². The molecule has 1 aromatic rings. The molecule has 1 fully saturated rings. The van der Waals surface area contributed by atoms with E-state index in [2.05, 4.69) is 5.16 Å². The van der Waals surface area contributed by atoms with Crippen molar-refractivity contribution < 1.29 is 13.3 Å². The number of alkyl halides is 2. The molecule has 0 bridgehead atoms. The third-order valence-electron chi connectivity index (χ3n) is 2.51. The summed E-state index contributed by atoms with van der Waals surface area (Å²) in [5.74, 6) is -2.43. The molecule has 3 nitrogen and oxygen atoms in total. The minimum absolute atomic E-state index is 0.317. The maximum atomic E-state index is 12.9. The summed E-state index contributed by atoms with van der Waals surface area (Å²) in [5.41, 5.74) is 4.82. The lowest BCUT2D eigenvalue weighted by Crippen LogP contribution is -2.28. The van der Waals surface area contributed by atoms with Gasteiger partial charge in [0, 0.05) is 12.0 Å². The molecule has 2 N–H and O–H groups in total. The minimum Gasteiger partial charge on any atom is -0.361 e. The molecule has 0 radical (unpaired) electrons. The first-order valence-corrected chi connectivity index (χ1v) is 3.98. The molecule has 1 heterocycles. The second-order valence-electron chi connectivity index (χ2n) is 3.55. The van der Waals surface area contributed by atoms with Crippen LogP contribution in [0.5, 0.6) is 0 Å². The highest BCUT2D eigenvalue weighted by molar-refractivity contribution is 5.39. The second kappa shape index (κ2) is 2.09. The highest BCUT2D eigenvalue weighted by Crippen LogP contribution is 2.58. The van der Waals surface area contributed by atoms with Gasteiger partial charge in [-0.05, 0) is 13.8 Å². The van der Waals surface area contributed by atoms with Gasteiger partial charge in [0.2, 0.25) is 0 Å². The summed E-state index contributed by atoms with van der Waals surface area (Å²) >= 11 is 0. The number of nitrogens with two attached hydrogens (primary N) is 1. The van der Waals surface area contributed by atoms with Crippen molar-refractivity contribution in [1.29, 1.82) is 0 Å². The molecular formula is C8H10F2N2O. The van der Waals surface area contributed by atoms with Crippen LogP contribution in [0.15, 0.2) is 4.52 Å². The number of halogens is 2. The minimum atomic E-state index is -2.81. The van der Waals surface area contributed by atoms with Crippen LogP contribution in [0, 0.1) is 13.8 Å². The van der Waals surface area contributed by atoms with Crippen molar-refractivity contribution in [2.75, 3.05) is 0 Å². The largest absolute Gasteiger partial charge is 0.361 e. The third-order valence-corrected chi connectivity index (χ3v) is 2.51. The van der Waals surface area contributed by atoms with Crippen molar-refractivity contribution in [3.8, 4) is 0 Å². The molecule has 0 aliphatic heterocycles. The van der Waals surface area contributed by atoms with Gasteiger partial charge in [-0.2, -0.15) is 0 Å². The third kappa shape index (κ3) is 0.934. The lowest BCUT2D eigenvalue weighted by Gasteiger charge is -2.08. The van der Waals surface area contributed by atoms with Gasteiger partial charge in [0.25, 0.3) is 5.92 Å². The lowest BCUT2D eigenvalue weighted by atomic mass is 10.0. The van der Waals surface area contributed by atoms with Gasteiger partial charge < -0.3 is 10.3 Å². The topological polar surface area (TPSA) is 52.0 Å². The van der Waals surface area contributed by atoms with Crippen LogP contribution in [0.4, 0.5) is 8.78 Å². The van der Waals surface area contributed by atoms with Crippen molar-refractivity contribution >= 4 is 0 Å². The molecule has 13 heavy (non-hydrogen) atoms. The Morgan fingerprint density at radius 2 is 2.00 bits per heavy atom. The first-order chi connectivity index (χ1) is 5.88. The van der Waals surface area contributed by atoms with Crippen molar-refractivity contribution in [3.05, 3.63) is 17.0 Å². The van der Waals surface area contributed by atoms with Crippen LogP contribution < -0.4 is 5.73 Å². The molecule has 72 valence electrons. The molecule has 5 heteroatoms. The van der Waals surface area contributed by atoms with Gasteiger partial charge in [0.1, 0.15) is 11.3 Å². The highest BCUT2D eigenvalue weighted by Gasteiger charge is 2.71.